The van der Waals surface area contributed by atoms with E-state index in [1.165, 1.54) is 40.8 Å². The number of aliphatic imine (C=N–C) groups is 1. The number of amidine groups is 1. The van der Waals surface area contributed by atoms with Crippen molar-refractivity contribution in [1.82, 2.24) is 20.1 Å². The number of urea groups is 1. The van der Waals surface area contributed by atoms with Gasteiger partial charge in [0.25, 0.3) is 0 Å². The number of rotatable bonds is 7. The maximum atomic E-state index is 12.8. The normalized spacial score (nSPS) is 19.2. The lowest BCUT2D eigenvalue weighted by Gasteiger charge is -2.20. The Kier molecular flexibility index (Phi) is 7.63. The van der Waals surface area contributed by atoms with Crippen LogP contribution in [-0.2, 0) is 6.42 Å². The molecule has 1 aromatic heterocycles. The molecule has 4 aromatic rings. The lowest BCUT2D eigenvalue weighted by atomic mass is 10.1. The van der Waals surface area contributed by atoms with Crippen LogP contribution in [0.4, 0.5) is 23.7 Å². The Morgan fingerprint density at radius 1 is 1.10 bits per heavy atom. The molecule has 0 bridgehead atoms. The molecule has 6 rings (SSSR count). The van der Waals surface area contributed by atoms with Crippen molar-refractivity contribution in [2.45, 2.75) is 38.1 Å². The summed E-state index contributed by atoms with van der Waals surface area (Å²) >= 11 is 1.59. The highest BCUT2D eigenvalue weighted by atomic mass is 32.2. The lowest BCUT2D eigenvalue weighted by Crippen LogP contribution is -2.29. The molecular formula is C30H27F3N6O2S. The number of anilines is 1. The Hall–Kier alpha value is -4.32. The topological polar surface area (TPSA) is 84.6 Å². The van der Waals surface area contributed by atoms with Gasteiger partial charge in [-0.2, -0.15) is 4.99 Å². The fraction of sp³-hybridized carbons (Fsp3) is 0.267. The fourth-order valence-corrected chi connectivity index (χ4v) is 5.94. The van der Waals surface area contributed by atoms with Gasteiger partial charge in [0.05, 0.1) is 5.69 Å². The number of amides is 2. The number of carbonyl (C=O) groups is 1. The van der Waals surface area contributed by atoms with Crippen LogP contribution < -0.4 is 15.0 Å². The van der Waals surface area contributed by atoms with Crippen molar-refractivity contribution in [2.24, 2.45) is 4.99 Å². The molecule has 2 fully saturated rings. The summed E-state index contributed by atoms with van der Waals surface area (Å²) in [5.41, 5.74) is 4.79. The highest BCUT2D eigenvalue weighted by Crippen LogP contribution is 2.41. The van der Waals surface area contributed by atoms with Gasteiger partial charge in [0, 0.05) is 35.5 Å². The van der Waals surface area contributed by atoms with Gasteiger partial charge < -0.3 is 15.0 Å². The number of hydrogen-bond donors (Lipinski definition) is 1. The Morgan fingerprint density at radius 3 is 2.60 bits per heavy atom. The van der Waals surface area contributed by atoms with Crippen LogP contribution in [0.15, 0.2) is 84.1 Å². The molecule has 2 atom stereocenters. The van der Waals surface area contributed by atoms with Gasteiger partial charge in [0.2, 0.25) is 0 Å². The second-order valence-corrected chi connectivity index (χ2v) is 11.0. The first kappa shape index (κ1) is 27.8. The van der Waals surface area contributed by atoms with Gasteiger partial charge in [0.15, 0.2) is 11.0 Å². The predicted octanol–water partition coefficient (Wildman–Crippen LogP) is 6.57. The molecule has 3 aromatic carbocycles. The average molecular weight is 593 g/mol. The summed E-state index contributed by atoms with van der Waals surface area (Å²) in [6.07, 6.45) is -1.49. The van der Waals surface area contributed by atoms with E-state index in [4.69, 9.17) is 0 Å². The molecule has 1 aliphatic heterocycles. The third kappa shape index (κ3) is 6.28. The van der Waals surface area contributed by atoms with Crippen molar-refractivity contribution in [3.63, 3.8) is 0 Å². The summed E-state index contributed by atoms with van der Waals surface area (Å²) in [4.78, 5) is 23.6. The molecule has 42 heavy (non-hydrogen) atoms. The number of alkyl halides is 3. The molecule has 2 amide bonds. The van der Waals surface area contributed by atoms with Crippen molar-refractivity contribution < 1.29 is 22.7 Å². The predicted molar refractivity (Wildman–Crippen MR) is 156 cm³/mol. The number of nitrogens with zero attached hydrogens (tertiary/aromatic N) is 5. The van der Waals surface area contributed by atoms with E-state index in [0.717, 1.165) is 47.1 Å². The lowest BCUT2D eigenvalue weighted by molar-refractivity contribution is -0.274. The van der Waals surface area contributed by atoms with Crippen LogP contribution in [-0.4, -0.2) is 50.7 Å². The van der Waals surface area contributed by atoms with Gasteiger partial charge in [-0.15, -0.1) is 18.3 Å². The number of aromatic nitrogens is 3. The molecule has 12 heteroatoms. The highest BCUT2D eigenvalue weighted by Gasteiger charge is 2.40. The number of ether oxygens (including phenoxy) is 1. The second-order valence-electron chi connectivity index (χ2n) is 9.95. The van der Waals surface area contributed by atoms with Gasteiger partial charge in [-0.1, -0.05) is 61.2 Å². The standard InChI is InChI=1S/C30H27F3N6O2S/c1-2-19-5-3-4-6-26(19)38-15-16-42-29(38)36-28(40)35-25-17-24(25)20-7-9-21(10-8-20)27-34-18-39(37-27)22-11-13-23(14-12-22)41-30(31,32)33/h3-14,18,24-25H,2,15-17H2,1H3,(H,35,40)/b36-29-. The van der Waals surface area contributed by atoms with Crippen LogP contribution in [0.3, 0.4) is 0 Å². The molecule has 8 nitrogen and oxygen atoms in total. The van der Waals surface area contributed by atoms with Gasteiger partial charge in [-0.05, 0) is 54.3 Å². The monoisotopic (exact) mass is 592 g/mol. The van der Waals surface area contributed by atoms with Crippen LogP contribution >= 0.6 is 11.8 Å². The second kappa shape index (κ2) is 11.5. The summed E-state index contributed by atoms with van der Waals surface area (Å²) in [5.74, 6) is 1.27. The van der Waals surface area contributed by atoms with Gasteiger partial charge in [-0.25, -0.2) is 14.5 Å². The maximum Gasteiger partial charge on any atom is 0.573 e. The summed E-state index contributed by atoms with van der Waals surface area (Å²) in [6, 6.07) is 21.2. The van der Waals surface area contributed by atoms with Crippen molar-refractivity contribution in [2.75, 3.05) is 17.2 Å². The van der Waals surface area contributed by atoms with Crippen LogP contribution in [0.1, 0.15) is 30.4 Å². The number of aryl methyl sites for hydroxylation is 1. The van der Waals surface area contributed by atoms with Gasteiger partial charge >= 0.3 is 12.4 Å². The number of para-hydroxylation sites is 1. The molecule has 2 unspecified atom stereocenters. The van der Waals surface area contributed by atoms with Crippen molar-refractivity contribution in [3.8, 4) is 22.8 Å². The number of thioether (sulfide) groups is 1. The van der Waals surface area contributed by atoms with E-state index in [-0.39, 0.29) is 23.7 Å². The van der Waals surface area contributed by atoms with Crippen LogP contribution in [0, 0.1) is 0 Å². The van der Waals surface area contributed by atoms with E-state index in [2.05, 4.69) is 49.1 Å². The van der Waals surface area contributed by atoms with E-state index in [1.807, 2.05) is 36.4 Å². The summed E-state index contributed by atoms with van der Waals surface area (Å²) in [7, 11) is 0. The minimum absolute atomic E-state index is 0.0251. The Bertz CT molecular complexity index is 1600. The molecule has 1 N–H and O–H groups in total. The fourth-order valence-electron chi connectivity index (χ4n) is 4.99. The first-order valence-electron chi connectivity index (χ1n) is 13.5. The maximum absolute atomic E-state index is 12.8. The van der Waals surface area contributed by atoms with E-state index in [0.29, 0.717) is 11.5 Å². The van der Waals surface area contributed by atoms with E-state index in [1.54, 1.807) is 11.8 Å². The van der Waals surface area contributed by atoms with E-state index < -0.39 is 6.36 Å². The average Bonchev–Trinajstić information content (AvgIpc) is 3.33. The zero-order valence-corrected chi connectivity index (χ0v) is 23.4. The molecule has 2 heterocycles. The Morgan fingerprint density at radius 2 is 1.86 bits per heavy atom. The number of halogens is 3. The molecule has 1 saturated carbocycles. The number of nitrogens with one attached hydrogen (secondary N) is 1. The number of benzene rings is 3. The molecule has 0 radical (unpaired) electrons. The molecule has 1 saturated heterocycles. The zero-order chi connectivity index (χ0) is 29.3. The smallest absolute Gasteiger partial charge is 0.406 e. The SMILES string of the molecule is CCc1ccccc1N1CCS/C1=N\C(=O)NC1CC1c1ccc(-c2ncn(-c3ccc(OC(F)(F)F)cc3)n2)cc1. The molecule has 0 spiro atoms. The highest BCUT2D eigenvalue weighted by molar-refractivity contribution is 8.14. The van der Waals surface area contributed by atoms with Gasteiger partial charge in [-0.3, -0.25) is 0 Å². The summed E-state index contributed by atoms with van der Waals surface area (Å²) in [6.45, 7) is 2.94. The van der Waals surface area contributed by atoms with Crippen LogP contribution in [0.2, 0.25) is 0 Å². The number of carbonyl (C=O) groups excluding carboxylic acids is 1. The third-order valence-corrected chi connectivity index (χ3v) is 8.12. The third-order valence-electron chi connectivity index (χ3n) is 7.16. The summed E-state index contributed by atoms with van der Waals surface area (Å²) in [5, 5.41) is 8.23. The van der Waals surface area contributed by atoms with Crippen LogP contribution in [0.25, 0.3) is 17.1 Å². The van der Waals surface area contributed by atoms with Crippen LogP contribution in [0.5, 0.6) is 5.75 Å². The van der Waals surface area contributed by atoms with Crippen molar-refractivity contribution in [3.05, 3.63) is 90.3 Å². The quantitative estimate of drug-likeness (QED) is 0.261. The summed E-state index contributed by atoms with van der Waals surface area (Å²) < 4.78 is 42.6. The van der Waals surface area contributed by atoms with E-state index >= 15 is 0 Å². The number of hydrogen-bond acceptors (Lipinski definition) is 5. The van der Waals surface area contributed by atoms with Gasteiger partial charge in [0.1, 0.15) is 12.1 Å². The zero-order valence-electron chi connectivity index (χ0n) is 22.6. The Labute approximate surface area is 244 Å². The molecule has 2 aliphatic rings. The first-order valence-corrected chi connectivity index (χ1v) is 14.5. The minimum Gasteiger partial charge on any atom is -0.406 e. The molecule has 216 valence electrons. The van der Waals surface area contributed by atoms with Crippen molar-refractivity contribution >= 4 is 28.6 Å². The minimum atomic E-state index is -4.74. The first-order chi connectivity index (χ1) is 20.3. The van der Waals surface area contributed by atoms with E-state index in [9.17, 15) is 18.0 Å². The Balaban J connectivity index is 1.06. The molecule has 1 aliphatic carbocycles. The largest absolute Gasteiger partial charge is 0.573 e. The molecular weight excluding hydrogens is 565 g/mol. The van der Waals surface area contributed by atoms with Crippen molar-refractivity contribution in [1.29, 1.82) is 0 Å².